The molecule has 0 aromatic rings. The van der Waals surface area contributed by atoms with E-state index in [0.29, 0.717) is 6.42 Å². The molecule has 0 aromatic carbocycles. The molecule has 130 valence electrons. The van der Waals surface area contributed by atoms with Crippen molar-refractivity contribution in [3.05, 3.63) is 36.5 Å². The van der Waals surface area contributed by atoms with Crippen molar-refractivity contribution in [2.24, 2.45) is 0 Å². The van der Waals surface area contributed by atoms with Gasteiger partial charge in [0.1, 0.15) is 0 Å². The summed E-state index contributed by atoms with van der Waals surface area (Å²) in [6, 6.07) is 0. The summed E-state index contributed by atoms with van der Waals surface area (Å²) in [5, 5.41) is 17.5. The van der Waals surface area contributed by atoms with Gasteiger partial charge in [0.25, 0.3) is 0 Å². The lowest BCUT2D eigenvalue weighted by Crippen LogP contribution is -1.94. The molecule has 2 N–H and O–H groups in total. The van der Waals surface area contributed by atoms with Crippen LogP contribution in [0.3, 0.4) is 0 Å². The number of aliphatic hydroxyl groups is 1. The smallest absolute Gasteiger partial charge is 0.303 e. The molecular weight excluding hydrogens is 292 g/mol. The maximum Gasteiger partial charge on any atom is 0.303 e. The van der Waals surface area contributed by atoms with Gasteiger partial charge in [-0.3, -0.25) is 9.59 Å². The highest BCUT2D eigenvalue weighted by atomic mass is 16.4. The molecule has 0 spiro atoms. The molecule has 4 nitrogen and oxygen atoms in total. The fraction of sp³-hybridized carbons (Fsp3) is 0.579. The number of ketones is 1. The molecule has 0 radical (unpaired) electrons. The average molecular weight is 322 g/mol. The molecule has 0 heterocycles. The molecule has 0 saturated carbocycles. The van der Waals surface area contributed by atoms with E-state index < -0.39 is 12.1 Å². The van der Waals surface area contributed by atoms with Gasteiger partial charge < -0.3 is 10.2 Å². The summed E-state index contributed by atoms with van der Waals surface area (Å²) in [6.45, 7) is 1.68. The van der Waals surface area contributed by atoms with Gasteiger partial charge in [0.05, 0.1) is 6.10 Å². The normalized spacial score (nSPS) is 13.3. The predicted molar refractivity (Wildman–Crippen MR) is 93.3 cm³/mol. The SMILES string of the molecule is CC(O)C=CC=CC=CC(=O)CCCCCCCCCC(=O)O. The minimum absolute atomic E-state index is 0.135. The van der Waals surface area contributed by atoms with Crippen molar-refractivity contribution >= 4 is 11.8 Å². The van der Waals surface area contributed by atoms with Gasteiger partial charge in [-0.2, -0.15) is 0 Å². The van der Waals surface area contributed by atoms with E-state index in [0.717, 1.165) is 44.9 Å². The van der Waals surface area contributed by atoms with E-state index >= 15 is 0 Å². The number of unbranched alkanes of at least 4 members (excludes halogenated alkanes) is 6. The fourth-order valence-corrected chi connectivity index (χ4v) is 2.06. The Morgan fingerprint density at radius 1 is 0.826 bits per heavy atom. The zero-order valence-corrected chi connectivity index (χ0v) is 14.1. The highest BCUT2D eigenvalue weighted by Gasteiger charge is 1.98. The molecule has 0 rings (SSSR count). The Morgan fingerprint density at radius 2 is 1.35 bits per heavy atom. The van der Waals surface area contributed by atoms with Crippen molar-refractivity contribution in [2.75, 3.05) is 0 Å². The summed E-state index contributed by atoms with van der Waals surface area (Å²) in [5.41, 5.74) is 0. The molecule has 1 atom stereocenters. The maximum absolute atomic E-state index is 11.6. The van der Waals surface area contributed by atoms with Crippen LogP contribution in [0.2, 0.25) is 0 Å². The van der Waals surface area contributed by atoms with E-state index in [9.17, 15) is 9.59 Å². The van der Waals surface area contributed by atoms with Crippen LogP contribution in [-0.2, 0) is 9.59 Å². The van der Waals surface area contributed by atoms with Crippen LogP contribution in [0.15, 0.2) is 36.5 Å². The standard InChI is InChI=1S/C19H30O4/c1-17(20)13-9-7-8-11-15-18(21)14-10-5-3-2-4-6-12-16-19(22)23/h7-9,11,13,15,17,20H,2-6,10,12,14,16H2,1H3,(H,22,23). The molecule has 0 aromatic heterocycles. The van der Waals surface area contributed by atoms with Gasteiger partial charge in [-0.1, -0.05) is 62.5 Å². The van der Waals surface area contributed by atoms with Gasteiger partial charge in [0.15, 0.2) is 5.78 Å². The van der Waals surface area contributed by atoms with E-state index in [2.05, 4.69) is 0 Å². The Balaban J connectivity index is 3.48. The first-order valence-electron chi connectivity index (χ1n) is 8.46. The number of hydrogen-bond acceptors (Lipinski definition) is 3. The Morgan fingerprint density at radius 3 is 1.91 bits per heavy atom. The van der Waals surface area contributed by atoms with Crippen LogP contribution in [0.5, 0.6) is 0 Å². The molecule has 1 unspecified atom stereocenters. The van der Waals surface area contributed by atoms with Crippen LogP contribution in [0.25, 0.3) is 0 Å². The molecule has 23 heavy (non-hydrogen) atoms. The minimum atomic E-state index is -0.717. The van der Waals surface area contributed by atoms with Gasteiger partial charge in [-0.15, -0.1) is 0 Å². The zero-order chi connectivity index (χ0) is 17.3. The highest BCUT2D eigenvalue weighted by molar-refractivity contribution is 5.89. The van der Waals surface area contributed by atoms with Crippen molar-refractivity contribution in [2.45, 2.75) is 70.8 Å². The first-order valence-corrected chi connectivity index (χ1v) is 8.46. The lowest BCUT2D eigenvalue weighted by atomic mass is 10.1. The number of carbonyl (C=O) groups excluding carboxylic acids is 1. The number of carboxylic acids is 1. The largest absolute Gasteiger partial charge is 0.481 e. The summed E-state index contributed by atoms with van der Waals surface area (Å²) < 4.78 is 0. The molecule has 0 aliphatic carbocycles. The van der Waals surface area contributed by atoms with Gasteiger partial charge in [0, 0.05) is 12.8 Å². The maximum atomic E-state index is 11.6. The Kier molecular flexibility index (Phi) is 14.1. The summed E-state index contributed by atoms with van der Waals surface area (Å²) in [5.74, 6) is -0.582. The first-order chi connectivity index (χ1) is 11.0. The molecule has 0 aliphatic rings. The molecule has 0 bridgehead atoms. The van der Waals surface area contributed by atoms with E-state index in [1.54, 1.807) is 43.4 Å². The first kappa shape index (κ1) is 21.3. The van der Waals surface area contributed by atoms with Crippen LogP contribution in [0.4, 0.5) is 0 Å². The molecule has 4 heteroatoms. The topological polar surface area (TPSA) is 74.6 Å². The summed E-state index contributed by atoms with van der Waals surface area (Å²) in [7, 11) is 0. The number of carbonyl (C=O) groups is 2. The van der Waals surface area contributed by atoms with Crippen molar-refractivity contribution in [3.63, 3.8) is 0 Å². The molecule has 0 fully saturated rings. The van der Waals surface area contributed by atoms with Crippen molar-refractivity contribution in [3.8, 4) is 0 Å². The van der Waals surface area contributed by atoms with Crippen molar-refractivity contribution < 1.29 is 19.8 Å². The lowest BCUT2D eigenvalue weighted by Gasteiger charge is -2.00. The van der Waals surface area contributed by atoms with E-state index in [1.165, 1.54) is 0 Å². The third-order valence-electron chi connectivity index (χ3n) is 3.32. The second-order valence-corrected chi connectivity index (χ2v) is 5.70. The number of hydrogen-bond donors (Lipinski definition) is 2. The lowest BCUT2D eigenvalue weighted by molar-refractivity contribution is -0.137. The number of aliphatic carboxylic acids is 1. The van der Waals surface area contributed by atoms with Crippen LogP contribution < -0.4 is 0 Å². The highest BCUT2D eigenvalue weighted by Crippen LogP contribution is 2.10. The fourth-order valence-electron chi connectivity index (χ4n) is 2.06. The Bertz CT molecular complexity index is 406. The van der Waals surface area contributed by atoms with Crippen LogP contribution in [0, 0.1) is 0 Å². The third-order valence-corrected chi connectivity index (χ3v) is 3.32. The van der Waals surface area contributed by atoms with E-state index in [1.807, 2.05) is 0 Å². The molecule has 0 aliphatic heterocycles. The van der Waals surface area contributed by atoms with Crippen LogP contribution in [-0.4, -0.2) is 28.1 Å². The Hall–Kier alpha value is -1.68. The predicted octanol–water partition coefficient (Wildman–Crippen LogP) is 4.20. The Labute approximate surface area is 139 Å². The van der Waals surface area contributed by atoms with Crippen LogP contribution in [0.1, 0.15) is 64.7 Å². The summed E-state index contributed by atoms with van der Waals surface area (Å²) >= 11 is 0. The molecule has 0 saturated heterocycles. The number of aliphatic hydroxyl groups excluding tert-OH is 1. The zero-order valence-electron chi connectivity index (χ0n) is 14.1. The van der Waals surface area contributed by atoms with Crippen LogP contribution >= 0.6 is 0 Å². The van der Waals surface area contributed by atoms with Crippen molar-refractivity contribution in [1.82, 2.24) is 0 Å². The minimum Gasteiger partial charge on any atom is -0.481 e. The van der Waals surface area contributed by atoms with E-state index in [4.69, 9.17) is 10.2 Å². The number of allylic oxidation sites excluding steroid dienone is 5. The van der Waals surface area contributed by atoms with Gasteiger partial charge >= 0.3 is 5.97 Å². The monoisotopic (exact) mass is 322 g/mol. The number of rotatable bonds is 14. The van der Waals surface area contributed by atoms with Gasteiger partial charge in [-0.05, 0) is 25.8 Å². The quantitative estimate of drug-likeness (QED) is 0.285. The average Bonchev–Trinajstić information content (AvgIpc) is 2.48. The number of carboxylic acid groups (broad SMARTS) is 1. The second-order valence-electron chi connectivity index (χ2n) is 5.70. The van der Waals surface area contributed by atoms with Crippen molar-refractivity contribution in [1.29, 1.82) is 0 Å². The second kappa shape index (κ2) is 15.2. The van der Waals surface area contributed by atoms with Gasteiger partial charge in [-0.25, -0.2) is 0 Å². The third kappa shape index (κ3) is 18.3. The summed E-state index contributed by atoms with van der Waals surface area (Å²) in [4.78, 5) is 21.9. The molecular formula is C19H30O4. The summed E-state index contributed by atoms with van der Waals surface area (Å²) in [6.07, 6.45) is 17.6. The van der Waals surface area contributed by atoms with Gasteiger partial charge in [0.2, 0.25) is 0 Å². The van der Waals surface area contributed by atoms with E-state index in [-0.39, 0.29) is 12.2 Å². The molecule has 0 amide bonds.